The highest BCUT2D eigenvalue weighted by atomic mass is 16.5. The van der Waals surface area contributed by atoms with Crippen molar-refractivity contribution < 1.29 is 4.74 Å². The van der Waals surface area contributed by atoms with Gasteiger partial charge in [0.15, 0.2) is 0 Å². The SMILES string of the molecule is c1ccc([C@@H]2CCO[C@H]2c2ccccc2)cc1. The molecule has 0 aliphatic carbocycles. The third kappa shape index (κ3) is 2.11. The van der Waals surface area contributed by atoms with Crippen LogP contribution in [0, 0.1) is 0 Å². The van der Waals surface area contributed by atoms with Crippen molar-refractivity contribution in [2.75, 3.05) is 6.61 Å². The Morgan fingerprint density at radius 2 is 1.35 bits per heavy atom. The molecule has 1 nitrogen and oxygen atoms in total. The maximum atomic E-state index is 5.91. The summed E-state index contributed by atoms with van der Waals surface area (Å²) in [4.78, 5) is 0. The molecule has 2 atom stereocenters. The second-order valence-electron chi connectivity index (χ2n) is 4.51. The third-order valence-electron chi connectivity index (χ3n) is 3.45. The van der Waals surface area contributed by atoms with Gasteiger partial charge in [0, 0.05) is 12.5 Å². The van der Waals surface area contributed by atoms with Crippen LogP contribution in [0.5, 0.6) is 0 Å². The summed E-state index contributed by atoms with van der Waals surface area (Å²) in [6.07, 6.45) is 1.34. The first-order chi connectivity index (χ1) is 8.45. The summed E-state index contributed by atoms with van der Waals surface area (Å²) < 4.78 is 5.91. The van der Waals surface area contributed by atoms with E-state index < -0.39 is 0 Å². The average Bonchev–Trinajstić information content (AvgIpc) is 2.90. The molecule has 1 heteroatoms. The predicted octanol–water partition coefficient (Wildman–Crippen LogP) is 3.93. The molecule has 1 aliphatic rings. The standard InChI is InChI=1S/C16H16O/c1-3-7-13(8-4-1)15-11-12-17-16(15)14-9-5-2-6-10-14/h1-10,15-16H,11-12H2/t15-,16-/m0/s1. The van der Waals surface area contributed by atoms with Crippen molar-refractivity contribution in [2.45, 2.75) is 18.4 Å². The summed E-state index contributed by atoms with van der Waals surface area (Å²) in [6, 6.07) is 21.2. The quantitative estimate of drug-likeness (QED) is 0.751. The van der Waals surface area contributed by atoms with Crippen LogP contribution >= 0.6 is 0 Å². The highest BCUT2D eigenvalue weighted by molar-refractivity contribution is 5.28. The summed E-state index contributed by atoms with van der Waals surface area (Å²) in [5.41, 5.74) is 2.68. The molecule has 0 spiro atoms. The van der Waals surface area contributed by atoms with Crippen LogP contribution in [-0.2, 0) is 4.74 Å². The van der Waals surface area contributed by atoms with Crippen LogP contribution in [0.15, 0.2) is 60.7 Å². The Balaban J connectivity index is 1.91. The number of rotatable bonds is 2. The maximum Gasteiger partial charge on any atom is 0.0894 e. The van der Waals surface area contributed by atoms with Crippen molar-refractivity contribution >= 4 is 0 Å². The van der Waals surface area contributed by atoms with Crippen molar-refractivity contribution in [3.8, 4) is 0 Å². The van der Waals surface area contributed by atoms with E-state index in [1.54, 1.807) is 0 Å². The zero-order valence-electron chi connectivity index (χ0n) is 9.75. The number of benzene rings is 2. The zero-order chi connectivity index (χ0) is 11.5. The van der Waals surface area contributed by atoms with Crippen molar-refractivity contribution in [2.24, 2.45) is 0 Å². The highest BCUT2D eigenvalue weighted by Crippen LogP contribution is 2.41. The molecule has 2 aromatic carbocycles. The molecular formula is C16H16O. The molecule has 1 aliphatic heterocycles. The first-order valence-corrected chi connectivity index (χ1v) is 6.16. The lowest BCUT2D eigenvalue weighted by atomic mass is 9.89. The van der Waals surface area contributed by atoms with Gasteiger partial charge >= 0.3 is 0 Å². The van der Waals surface area contributed by atoms with E-state index in [-0.39, 0.29) is 6.10 Å². The summed E-state index contributed by atoms with van der Waals surface area (Å²) >= 11 is 0. The molecule has 1 fully saturated rings. The molecule has 86 valence electrons. The first-order valence-electron chi connectivity index (χ1n) is 6.16. The van der Waals surface area contributed by atoms with E-state index in [1.165, 1.54) is 11.1 Å². The molecule has 2 aromatic rings. The van der Waals surface area contributed by atoms with Gasteiger partial charge in [0.05, 0.1) is 6.10 Å². The Labute approximate surface area is 102 Å². The van der Waals surface area contributed by atoms with E-state index in [1.807, 2.05) is 0 Å². The minimum Gasteiger partial charge on any atom is -0.373 e. The molecule has 0 unspecified atom stereocenters. The van der Waals surface area contributed by atoms with Gasteiger partial charge in [-0.2, -0.15) is 0 Å². The van der Waals surface area contributed by atoms with Gasteiger partial charge in [0.1, 0.15) is 0 Å². The van der Waals surface area contributed by atoms with Crippen LogP contribution < -0.4 is 0 Å². The summed E-state index contributed by atoms with van der Waals surface area (Å²) in [5.74, 6) is 0.499. The molecule has 0 aromatic heterocycles. The number of hydrogen-bond donors (Lipinski definition) is 0. The maximum absolute atomic E-state index is 5.91. The van der Waals surface area contributed by atoms with Gasteiger partial charge in [-0.3, -0.25) is 0 Å². The Morgan fingerprint density at radius 3 is 2.00 bits per heavy atom. The van der Waals surface area contributed by atoms with Gasteiger partial charge in [-0.15, -0.1) is 0 Å². The lowest BCUT2D eigenvalue weighted by Crippen LogP contribution is -2.05. The molecule has 0 radical (unpaired) electrons. The van der Waals surface area contributed by atoms with Crippen LogP contribution in [0.25, 0.3) is 0 Å². The average molecular weight is 224 g/mol. The molecule has 0 amide bonds. The van der Waals surface area contributed by atoms with Gasteiger partial charge in [0.2, 0.25) is 0 Å². The van der Waals surface area contributed by atoms with E-state index in [0.29, 0.717) is 5.92 Å². The molecule has 0 bridgehead atoms. The predicted molar refractivity (Wildman–Crippen MR) is 68.9 cm³/mol. The molecule has 1 saturated heterocycles. The minimum atomic E-state index is 0.221. The van der Waals surface area contributed by atoms with Crippen LogP contribution in [0.4, 0.5) is 0 Å². The lowest BCUT2D eigenvalue weighted by molar-refractivity contribution is 0.104. The van der Waals surface area contributed by atoms with Crippen LogP contribution in [-0.4, -0.2) is 6.61 Å². The fraction of sp³-hybridized carbons (Fsp3) is 0.250. The lowest BCUT2D eigenvalue weighted by Gasteiger charge is -2.19. The third-order valence-corrected chi connectivity index (χ3v) is 3.45. The van der Waals surface area contributed by atoms with E-state index >= 15 is 0 Å². The molecule has 17 heavy (non-hydrogen) atoms. The first kappa shape index (κ1) is 10.5. The minimum absolute atomic E-state index is 0.221. The largest absolute Gasteiger partial charge is 0.373 e. The molecule has 1 heterocycles. The Hall–Kier alpha value is -1.60. The smallest absolute Gasteiger partial charge is 0.0894 e. The Kier molecular flexibility index (Phi) is 2.93. The van der Waals surface area contributed by atoms with Crippen LogP contribution in [0.3, 0.4) is 0 Å². The van der Waals surface area contributed by atoms with Crippen molar-refractivity contribution in [1.82, 2.24) is 0 Å². The van der Waals surface area contributed by atoms with Gasteiger partial charge in [-0.1, -0.05) is 60.7 Å². The van der Waals surface area contributed by atoms with Gasteiger partial charge in [0.25, 0.3) is 0 Å². The molecule has 0 N–H and O–H groups in total. The van der Waals surface area contributed by atoms with Crippen LogP contribution in [0.2, 0.25) is 0 Å². The van der Waals surface area contributed by atoms with Crippen molar-refractivity contribution in [3.05, 3.63) is 71.8 Å². The summed E-state index contributed by atoms with van der Waals surface area (Å²) in [7, 11) is 0. The summed E-state index contributed by atoms with van der Waals surface area (Å²) in [6.45, 7) is 0.860. The second-order valence-corrected chi connectivity index (χ2v) is 4.51. The number of hydrogen-bond acceptors (Lipinski definition) is 1. The zero-order valence-corrected chi connectivity index (χ0v) is 9.75. The molecule has 0 saturated carbocycles. The Morgan fingerprint density at radius 1 is 0.765 bits per heavy atom. The van der Waals surface area contributed by atoms with E-state index in [9.17, 15) is 0 Å². The fourth-order valence-corrected chi connectivity index (χ4v) is 2.60. The molecular weight excluding hydrogens is 208 g/mol. The van der Waals surface area contributed by atoms with E-state index in [0.717, 1.165) is 13.0 Å². The monoisotopic (exact) mass is 224 g/mol. The van der Waals surface area contributed by atoms with E-state index in [2.05, 4.69) is 60.7 Å². The second kappa shape index (κ2) is 4.72. The van der Waals surface area contributed by atoms with Crippen molar-refractivity contribution in [1.29, 1.82) is 0 Å². The van der Waals surface area contributed by atoms with E-state index in [4.69, 9.17) is 4.74 Å². The van der Waals surface area contributed by atoms with Gasteiger partial charge in [-0.05, 0) is 17.5 Å². The summed E-state index contributed by atoms with van der Waals surface area (Å²) in [5, 5.41) is 0. The fourth-order valence-electron chi connectivity index (χ4n) is 2.60. The van der Waals surface area contributed by atoms with Crippen molar-refractivity contribution in [3.63, 3.8) is 0 Å². The normalized spacial score (nSPS) is 23.8. The van der Waals surface area contributed by atoms with Crippen LogP contribution in [0.1, 0.15) is 29.6 Å². The topological polar surface area (TPSA) is 9.23 Å². The number of ether oxygens (including phenoxy) is 1. The Bertz CT molecular complexity index is 418. The van der Waals surface area contributed by atoms with Gasteiger partial charge < -0.3 is 4.74 Å². The molecule has 3 rings (SSSR count). The van der Waals surface area contributed by atoms with Gasteiger partial charge in [-0.25, -0.2) is 0 Å². The highest BCUT2D eigenvalue weighted by Gasteiger charge is 2.30.